The summed E-state index contributed by atoms with van der Waals surface area (Å²) in [5, 5.41) is 3.14. The van der Waals surface area contributed by atoms with E-state index in [9.17, 15) is 0 Å². The molecule has 1 saturated heterocycles. The molecule has 0 aliphatic carbocycles. The zero-order valence-corrected chi connectivity index (χ0v) is 13.5. The number of benzene rings is 1. The van der Waals surface area contributed by atoms with Crippen molar-refractivity contribution in [1.29, 1.82) is 0 Å². The first kappa shape index (κ1) is 15.5. The number of anilines is 3. The average Bonchev–Trinajstić information content (AvgIpc) is 2.61. The van der Waals surface area contributed by atoms with Gasteiger partial charge in [0.1, 0.15) is 5.75 Å². The van der Waals surface area contributed by atoms with E-state index in [2.05, 4.69) is 27.3 Å². The van der Waals surface area contributed by atoms with Gasteiger partial charge in [0.2, 0.25) is 0 Å². The van der Waals surface area contributed by atoms with Crippen molar-refractivity contribution < 1.29 is 4.74 Å². The maximum absolute atomic E-state index is 6.02. The van der Waals surface area contributed by atoms with Gasteiger partial charge in [-0.2, -0.15) is 0 Å². The molecule has 23 heavy (non-hydrogen) atoms. The van der Waals surface area contributed by atoms with E-state index in [0.29, 0.717) is 5.92 Å². The Balaban J connectivity index is 1.52. The lowest BCUT2D eigenvalue weighted by molar-refractivity contribution is 0.224. The Labute approximate surface area is 137 Å². The summed E-state index contributed by atoms with van der Waals surface area (Å²) < 4.78 is 6.02. The molecule has 0 spiro atoms. The van der Waals surface area contributed by atoms with Gasteiger partial charge in [0.15, 0.2) is 0 Å². The highest BCUT2D eigenvalue weighted by atomic mass is 16.5. The van der Waals surface area contributed by atoms with Crippen molar-refractivity contribution in [3.8, 4) is 5.75 Å². The Morgan fingerprint density at radius 1 is 1.22 bits per heavy atom. The van der Waals surface area contributed by atoms with Crippen LogP contribution in [0.1, 0.15) is 12.8 Å². The predicted octanol–water partition coefficient (Wildman–Crippen LogP) is 3.00. The van der Waals surface area contributed by atoms with Crippen LogP contribution in [0.4, 0.5) is 17.1 Å². The normalized spacial score (nSPS) is 15.4. The molecule has 1 aliphatic rings. The number of pyridine rings is 1. The molecule has 3 rings (SSSR count). The number of hydrogen-bond donors (Lipinski definition) is 2. The van der Waals surface area contributed by atoms with Crippen LogP contribution >= 0.6 is 0 Å². The highest BCUT2D eigenvalue weighted by Crippen LogP contribution is 2.29. The minimum atomic E-state index is 0.583. The molecule has 3 N–H and O–H groups in total. The molecule has 122 valence electrons. The molecule has 0 atom stereocenters. The summed E-state index contributed by atoms with van der Waals surface area (Å²) in [5.74, 6) is 1.42. The molecular weight excluding hydrogens is 288 g/mol. The fraction of sp³-hybridized carbons (Fsp3) is 0.389. The van der Waals surface area contributed by atoms with Gasteiger partial charge in [-0.15, -0.1) is 0 Å². The predicted molar refractivity (Wildman–Crippen MR) is 95.1 cm³/mol. The van der Waals surface area contributed by atoms with Crippen molar-refractivity contribution in [2.24, 2.45) is 5.92 Å². The highest BCUT2D eigenvalue weighted by Gasteiger charge is 2.20. The maximum atomic E-state index is 6.02. The van der Waals surface area contributed by atoms with Gasteiger partial charge >= 0.3 is 0 Å². The fourth-order valence-electron chi connectivity index (χ4n) is 2.99. The fourth-order valence-corrected chi connectivity index (χ4v) is 2.99. The molecule has 2 heterocycles. The smallest absolute Gasteiger partial charge is 0.144 e. The summed E-state index contributed by atoms with van der Waals surface area (Å²) in [6, 6.07) is 9.87. The van der Waals surface area contributed by atoms with Crippen LogP contribution in [-0.4, -0.2) is 31.7 Å². The first-order valence-electron chi connectivity index (χ1n) is 8.11. The standard InChI is InChI=1S/C18H24N4O/c1-20-17-3-2-15(19)12-18(17)23-13-14-6-10-22(11-7-14)16-4-8-21-9-5-16/h2-5,8-9,12,14,20H,6-7,10-11,13,19H2,1H3. The van der Waals surface area contributed by atoms with Gasteiger partial charge < -0.3 is 20.7 Å². The minimum absolute atomic E-state index is 0.583. The SMILES string of the molecule is CNc1ccc(N)cc1OCC1CCN(c2ccncc2)CC1. The van der Waals surface area contributed by atoms with E-state index in [-0.39, 0.29) is 0 Å². The summed E-state index contributed by atoms with van der Waals surface area (Å²) in [6.07, 6.45) is 5.98. The Morgan fingerprint density at radius 3 is 2.65 bits per heavy atom. The first-order chi connectivity index (χ1) is 11.3. The molecule has 1 aromatic heterocycles. The lowest BCUT2D eigenvalue weighted by Gasteiger charge is -2.33. The van der Waals surface area contributed by atoms with Crippen LogP contribution in [0.5, 0.6) is 5.75 Å². The van der Waals surface area contributed by atoms with E-state index >= 15 is 0 Å². The summed E-state index contributed by atoms with van der Waals surface area (Å²) in [4.78, 5) is 6.49. The second-order valence-corrected chi connectivity index (χ2v) is 5.95. The van der Waals surface area contributed by atoms with Gasteiger partial charge in [-0.1, -0.05) is 0 Å². The Bertz CT molecular complexity index is 624. The van der Waals surface area contributed by atoms with Gasteiger partial charge in [0, 0.05) is 50.0 Å². The van der Waals surface area contributed by atoms with Crippen molar-refractivity contribution >= 4 is 17.1 Å². The second kappa shape index (κ2) is 7.22. The number of nitrogens with one attached hydrogen (secondary N) is 1. The molecule has 5 nitrogen and oxygen atoms in total. The summed E-state index contributed by atoms with van der Waals surface area (Å²) in [7, 11) is 1.89. The van der Waals surface area contributed by atoms with Crippen LogP contribution < -0.4 is 20.7 Å². The van der Waals surface area contributed by atoms with E-state index < -0.39 is 0 Å². The number of piperidine rings is 1. The number of rotatable bonds is 5. The summed E-state index contributed by atoms with van der Waals surface area (Å²) in [6.45, 7) is 2.87. The van der Waals surface area contributed by atoms with Crippen molar-refractivity contribution in [2.45, 2.75) is 12.8 Å². The molecule has 0 radical (unpaired) electrons. The zero-order valence-electron chi connectivity index (χ0n) is 13.5. The topological polar surface area (TPSA) is 63.4 Å². The monoisotopic (exact) mass is 312 g/mol. The average molecular weight is 312 g/mol. The lowest BCUT2D eigenvalue weighted by atomic mass is 9.97. The van der Waals surface area contributed by atoms with Crippen LogP contribution in [0.25, 0.3) is 0 Å². The Morgan fingerprint density at radius 2 is 1.96 bits per heavy atom. The van der Waals surface area contributed by atoms with Gasteiger partial charge in [0.25, 0.3) is 0 Å². The Kier molecular flexibility index (Phi) is 4.86. The number of nitrogens with zero attached hydrogens (tertiary/aromatic N) is 2. The minimum Gasteiger partial charge on any atom is -0.491 e. The van der Waals surface area contributed by atoms with Crippen LogP contribution in [0, 0.1) is 5.92 Å². The number of aromatic nitrogens is 1. The summed E-state index contributed by atoms with van der Waals surface area (Å²) >= 11 is 0. The third-order valence-corrected chi connectivity index (χ3v) is 4.39. The summed E-state index contributed by atoms with van der Waals surface area (Å²) in [5.41, 5.74) is 8.82. The number of ether oxygens (including phenoxy) is 1. The van der Waals surface area contributed by atoms with E-state index in [1.165, 1.54) is 5.69 Å². The molecule has 1 aromatic carbocycles. The molecular formula is C18H24N4O. The second-order valence-electron chi connectivity index (χ2n) is 5.95. The molecule has 1 aliphatic heterocycles. The quantitative estimate of drug-likeness (QED) is 0.831. The Hall–Kier alpha value is -2.43. The largest absolute Gasteiger partial charge is 0.491 e. The molecule has 2 aromatic rings. The van der Waals surface area contributed by atoms with E-state index in [4.69, 9.17) is 10.5 Å². The number of hydrogen-bond acceptors (Lipinski definition) is 5. The third kappa shape index (κ3) is 3.86. The van der Waals surface area contributed by atoms with Gasteiger partial charge in [-0.05, 0) is 43.0 Å². The van der Waals surface area contributed by atoms with Crippen molar-refractivity contribution in [3.05, 3.63) is 42.7 Å². The van der Waals surface area contributed by atoms with Crippen molar-refractivity contribution in [3.63, 3.8) is 0 Å². The van der Waals surface area contributed by atoms with Crippen LogP contribution in [0.3, 0.4) is 0 Å². The van der Waals surface area contributed by atoms with Crippen molar-refractivity contribution in [2.75, 3.05) is 42.7 Å². The molecule has 1 fully saturated rings. The molecule has 5 heteroatoms. The van der Waals surface area contributed by atoms with E-state index in [0.717, 1.165) is 49.7 Å². The molecule has 0 bridgehead atoms. The first-order valence-corrected chi connectivity index (χ1v) is 8.11. The molecule has 0 saturated carbocycles. The van der Waals surface area contributed by atoms with E-state index in [1.54, 1.807) is 0 Å². The zero-order chi connectivity index (χ0) is 16.1. The van der Waals surface area contributed by atoms with Crippen LogP contribution in [0.2, 0.25) is 0 Å². The molecule has 0 unspecified atom stereocenters. The van der Waals surface area contributed by atoms with E-state index in [1.807, 2.05) is 37.6 Å². The number of nitrogens with two attached hydrogens (primary N) is 1. The highest BCUT2D eigenvalue weighted by molar-refractivity contribution is 5.62. The van der Waals surface area contributed by atoms with Crippen LogP contribution in [0.15, 0.2) is 42.7 Å². The molecule has 0 amide bonds. The maximum Gasteiger partial charge on any atom is 0.144 e. The van der Waals surface area contributed by atoms with Gasteiger partial charge in [-0.3, -0.25) is 4.98 Å². The lowest BCUT2D eigenvalue weighted by Crippen LogP contribution is -2.35. The van der Waals surface area contributed by atoms with Gasteiger partial charge in [-0.25, -0.2) is 0 Å². The van der Waals surface area contributed by atoms with Crippen molar-refractivity contribution in [1.82, 2.24) is 4.98 Å². The third-order valence-electron chi connectivity index (χ3n) is 4.39. The van der Waals surface area contributed by atoms with Crippen LogP contribution in [-0.2, 0) is 0 Å². The van der Waals surface area contributed by atoms with Gasteiger partial charge in [0.05, 0.1) is 12.3 Å². The number of nitrogen functional groups attached to an aromatic ring is 1.